The molecule has 0 saturated heterocycles. The zero-order chi connectivity index (χ0) is 13.1. The Balaban J connectivity index is 2.30. The van der Waals surface area contributed by atoms with E-state index in [1.165, 1.54) is 6.07 Å². The monoisotopic (exact) mass is 283 g/mol. The number of anilines is 2. The second-order valence-electron chi connectivity index (χ2n) is 3.37. The molecule has 1 aromatic carbocycles. The number of carbonyl (C=O) groups is 1. The van der Waals surface area contributed by atoms with Gasteiger partial charge in [-0.1, -0.05) is 29.3 Å². The standard InChI is InChI=1S/C11H7Cl2N3O2/c12-6-2-1-3-7(4-6)14-9-5-8(11(17)18)10(13)16-15-9/h1-5H,(H,14,15)(H,17,18). The molecule has 5 nitrogen and oxygen atoms in total. The number of nitrogens with one attached hydrogen (secondary N) is 1. The summed E-state index contributed by atoms with van der Waals surface area (Å²) >= 11 is 11.4. The molecule has 0 spiro atoms. The third-order valence-corrected chi connectivity index (χ3v) is 2.59. The molecule has 2 aromatic rings. The number of rotatable bonds is 3. The maximum absolute atomic E-state index is 10.9. The van der Waals surface area contributed by atoms with Gasteiger partial charge in [-0.2, -0.15) is 0 Å². The van der Waals surface area contributed by atoms with Crippen molar-refractivity contribution in [3.05, 3.63) is 46.1 Å². The maximum Gasteiger partial charge on any atom is 0.339 e. The van der Waals surface area contributed by atoms with Gasteiger partial charge in [-0.05, 0) is 18.2 Å². The molecule has 2 rings (SSSR count). The first-order chi connectivity index (χ1) is 8.56. The van der Waals surface area contributed by atoms with Crippen molar-refractivity contribution in [3.63, 3.8) is 0 Å². The normalized spacial score (nSPS) is 10.1. The molecule has 2 N–H and O–H groups in total. The third-order valence-electron chi connectivity index (χ3n) is 2.08. The smallest absolute Gasteiger partial charge is 0.339 e. The van der Waals surface area contributed by atoms with Crippen LogP contribution in [0.5, 0.6) is 0 Å². The molecule has 0 aliphatic heterocycles. The van der Waals surface area contributed by atoms with E-state index in [0.717, 1.165) is 0 Å². The summed E-state index contributed by atoms with van der Waals surface area (Å²) < 4.78 is 0. The molecule has 0 aliphatic carbocycles. The lowest BCUT2D eigenvalue weighted by molar-refractivity contribution is 0.0696. The topological polar surface area (TPSA) is 75.1 Å². The van der Waals surface area contributed by atoms with Crippen molar-refractivity contribution < 1.29 is 9.90 Å². The highest BCUT2D eigenvalue weighted by Gasteiger charge is 2.12. The minimum absolute atomic E-state index is 0.115. The van der Waals surface area contributed by atoms with Gasteiger partial charge in [0.1, 0.15) is 5.56 Å². The molecule has 0 amide bonds. The highest BCUT2D eigenvalue weighted by Crippen LogP contribution is 2.21. The van der Waals surface area contributed by atoms with Gasteiger partial charge in [0.2, 0.25) is 0 Å². The van der Waals surface area contributed by atoms with E-state index in [4.69, 9.17) is 28.3 Å². The molecule has 0 aliphatic rings. The number of hydrogen-bond donors (Lipinski definition) is 2. The van der Waals surface area contributed by atoms with Gasteiger partial charge in [-0.15, -0.1) is 10.2 Å². The predicted molar refractivity (Wildman–Crippen MR) is 68.7 cm³/mol. The van der Waals surface area contributed by atoms with Crippen LogP contribution in [-0.2, 0) is 0 Å². The molecule has 0 fully saturated rings. The number of halogens is 2. The van der Waals surface area contributed by atoms with Crippen LogP contribution in [0.2, 0.25) is 10.2 Å². The molecule has 92 valence electrons. The van der Waals surface area contributed by atoms with Crippen molar-refractivity contribution in [2.45, 2.75) is 0 Å². The molecule has 0 atom stereocenters. The van der Waals surface area contributed by atoms with Crippen LogP contribution in [0.25, 0.3) is 0 Å². The Morgan fingerprint density at radius 1 is 1.22 bits per heavy atom. The van der Waals surface area contributed by atoms with Crippen LogP contribution in [0.1, 0.15) is 10.4 Å². The van der Waals surface area contributed by atoms with E-state index in [2.05, 4.69) is 15.5 Å². The summed E-state index contributed by atoms with van der Waals surface area (Å²) in [6, 6.07) is 8.23. The Labute approximate surface area is 112 Å². The second-order valence-corrected chi connectivity index (χ2v) is 4.17. The molecule has 18 heavy (non-hydrogen) atoms. The van der Waals surface area contributed by atoms with E-state index in [9.17, 15) is 4.79 Å². The Morgan fingerprint density at radius 2 is 2.00 bits per heavy atom. The predicted octanol–water partition coefficient (Wildman–Crippen LogP) is 3.23. The van der Waals surface area contributed by atoms with E-state index >= 15 is 0 Å². The molecule has 1 heterocycles. The first-order valence-corrected chi connectivity index (χ1v) is 5.61. The lowest BCUT2D eigenvalue weighted by Crippen LogP contribution is -2.03. The molecule has 7 heteroatoms. The summed E-state index contributed by atoms with van der Waals surface area (Å²) in [5.74, 6) is -0.886. The fourth-order valence-electron chi connectivity index (χ4n) is 1.30. The highest BCUT2D eigenvalue weighted by molar-refractivity contribution is 6.32. The number of hydrogen-bond acceptors (Lipinski definition) is 4. The lowest BCUT2D eigenvalue weighted by Gasteiger charge is -2.06. The number of carboxylic acid groups (broad SMARTS) is 1. The summed E-state index contributed by atoms with van der Waals surface area (Å²) in [4.78, 5) is 10.9. The van der Waals surface area contributed by atoms with Crippen LogP contribution in [0.15, 0.2) is 30.3 Å². The number of aromatic nitrogens is 2. The van der Waals surface area contributed by atoms with Gasteiger partial charge in [0.05, 0.1) is 0 Å². The first kappa shape index (κ1) is 12.6. The van der Waals surface area contributed by atoms with E-state index in [1.54, 1.807) is 24.3 Å². The highest BCUT2D eigenvalue weighted by atomic mass is 35.5. The molecule has 0 radical (unpaired) electrons. The van der Waals surface area contributed by atoms with Gasteiger partial charge in [0, 0.05) is 16.8 Å². The third kappa shape index (κ3) is 2.88. The second kappa shape index (κ2) is 5.20. The van der Waals surface area contributed by atoms with Gasteiger partial charge in [-0.3, -0.25) is 0 Å². The molecule has 0 bridgehead atoms. The van der Waals surface area contributed by atoms with Crippen LogP contribution in [-0.4, -0.2) is 21.3 Å². The van der Waals surface area contributed by atoms with Crippen LogP contribution in [0, 0.1) is 0 Å². The van der Waals surface area contributed by atoms with Gasteiger partial charge < -0.3 is 10.4 Å². The minimum atomic E-state index is -1.16. The van der Waals surface area contributed by atoms with Gasteiger partial charge in [0.15, 0.2) is 11.0 Å². The Morgan fingerprint density at radius 3 is 2.67 bits per heavy atom. The number of nitrogens with zero attached hydrogens (tertiary/aromatic N) is 2. The number of carboxylic acids is 1. The van der Waals surface area contributed by atoms with Crippen LogP contribution in [0.3, 0.4) is 0 Å². The van der Waals surface area contributed by atoms with Gasteiger partial charge in [-0.25, -0.2) is 4.79 Å². The van der Waals surface area contributed by atoms with Gasteiger partial charge >= 0.3 is 5.97 Å². The fraction of sp³-hybridized carbons (Fsp3) is 0. The summed E-state index contributed by atoms with van der Waals surface area (Å²) in [5, 5.41) is 19.5. The first-order valence-electron chi connectivity index (χ1n) is 4.85. The van der Waals surface area contributed by atoms with Crippen LogP contribution in [0.4, 0.5) is 11.5 Å². The quantitative estimate of drug-likeness (QED) is 0.905. The summed E-state index contributed by atoms with van der Waals surface area (Å²) in [6.07, 6.45) is 0. The molecule has 1 aromatic heterocycles. The number of benzene rings is 1. The van der Waals surface area contributed by atoms with Crippen molar-refractivity contribution in [3.8, 4) is 0 Å². The summed E-state index contributed by atoms with van der Waals surface area (Å²) in [5.41, 5.74) is 0.562. The molecule has 0 unspecified atom stereocenters. The Hall–Kier alpha value is -1.85. The largest absolute Gasteiger partial charge is 0.478 e. The SMILES string of the molecule is O=C(O)c1cc(Nc2cccc(Cl)c2)nnc1Cl. The van der Waals surface area contributed by atoms with E-state index < -0.39 is 5.97 Å². The summed E-state index contributed by atoms with van der Waals surface area (Å²) in [6.45, 7) is 0. The van der Waals surface area contributed by atoms with E-state index in [-0.39, 0.29) is 16.5 Å². The zero-order valence-electron chi connectivity index (χ0n) is 8.89. The van der Waals surface area contributed by atoms with Crippen molar-refractivity contribution in [2.24, 2.45) is 0 Å². The van der Waals surface area contributed by atoms with E-state index in [0.29, 0.717) is 10.7 Å². The average Bonchev–Trinajstić information content (AvgIpc) is 2.31. The number of aromatic carboxylic acids is 1. The molecular weight excluding hydrogens is 277 g/mol. The average molecular weight is 284 g/mol. The van der Waals surface area contributed by atoms with Crippen LogP contribution < -0.4 is 5.32 Å². The molecule has 0 saturated carbocycles. The van der Waals surface area contributed by atoms with Crippen LogP contribution >= 0.6 is 23.2 Å². The van der Waals surface area contributed by atoms with Crippen molar-refractivity contribution in [1.29, 1.82) is 0 Å². The van der Waals surface area contributed by atoms with Crippen molar-refractivity contribution in [2.75, 3.05) is 5.32 Å². The van der Waals surface area contributed by atoms with Crippen molar-refractivity contribution >= 4 is 40.7 Å². The van der Waals surface area contributed by atoms with Crippen molar-refractivity contribution in [1.82, 2.24) is 10.2 Å². The Bertz CT molecular complexity index is 605. The lowest BCUT2D eigenvalue weighted by atomic mass is 10.3. The Kier molecular flexibility index (Phi) is 3.64. The van der Waals surface area contributed by atoms with E-state index in [1.807, 2.05) is 0 Å². The molecular formula is C11H7Cl2N3O2. The summed E-state index contributed by atoms with van der Waals surface area (Å²) in [7, 11) is 0. The zero-order valence-corrected chi connectivity index (χ0v) is 10.4. The maximum atomic E-state index is 10.9. The van der Waals surface area contributed by atoms with Gasteiger partial charge in [0.25, 0.3) is 0 Å². The minimum Gasteiger partial charge on any atom is -0.478 e. The fourth-order valence-corrected chi connectivity index (χ4v) is 1.67.